The molecule has 2 aromatic heterocycles. The van der Waals surface area contributed by atoms with E-state index in [2.05, 4.69) is 10.1 Å². The summed E-state index contributed by atoms with van der Waals surface area (Å²) in [5, 5.41) is 13.4. The van der Waals surface area contributed by atoms with E-state index in [4.69, 9.17) is 0 Å². The predicted octanol–water partition coefficient (Wildman–Crippen LogP) is 1.20. The molecular weight excluding hydrogens is 432 g/mol. The fourth-order valence-corrected chi connectivity index (χ4v) is 4.58. The van der Waals surface area contributed by atoms with Crippen molar-refractivity contribution in [3.8, 4) is 0 Å². The van der Waals surface area contributed by atoms with Gasteiger partial charge >= 0.3 is 10.0 Å². The molecule has 4 rings (SSSR count). The van der Waals surface area contributed by atoms with Crippen LogP contribution in [0.3, 0.4) is 0 Å². The molecule has 1 aromatic carbocycles. The largest absolute Gasteiger partial charge is 0.395 e. The van der Waals surface area contributed by atoms with Gasteiger partial charge in [0, 0.05) is 24.5 Å². The van der Waals surface area contributed by atoms with Crippen molar-refractivity contribution in [3.05, 3.63) is 65.9 Å². The van der Waals surface area contributed by atoms with Gasteiger partial charge in [0.15, 0.2) is 5.03 Å². The van der Waals surface area contributed by atoms with Gasteiger partial charge in [-0.1, -0.05) is 30.3 Å². The van der Waals surface area contributed by atoms with Gasteiger partial charge in [0.1, 0.15) is 0 Å². The number of imidazole rings is 1. The van der Waals surface area contributed by atoms with Gasteiger partial charge in [-0.3, -0.25) is 4.79 Å². The second kappa shape index (κ2) is 8.19. The highest BCUT2D eigenvalue weighted by molar-refractivity contribution is 7.89. The first-order valence-corrected chi connectivity index (χ1v) is 10.8. The molecule has 0 unspecified atom stereocenters. The van der Waals surface area contributed by atoms with E-state index in [-0.39, 0.29) is 25.6 Å². The van der Waals surface area contributed by atoms with Crippen molar-refractivity contribution in [1.82, 2.24) is 23.6 Å². The molecule has 164 valence electrons. The molecule has 0 saturated heterocycles. The summed E-state index contributed by atoms with van der Waals surface area (Å²) in [6.45, 7) is -0.776. The van der Waals surface area contributed by atoms with Gasteiger partial charge in [0.05, 0.1) is 37.6 Å². The van der Waals surface area contributed by atoms with Crippen LogP contribution in [0.15, 0.2) is 54.1 Å². The van der Waals surface area contributed by atoms with Gasteiger partial charge in [-0.25, -0.2) is 13.8 Å². The lowest BCUT2D eigenvalue weighted by atomic mass is 9.98. The second-order valence-corrected chi connectivity index (χ2v) is 8.86. The van der Waals surface area contributed by atoms with E-state index in [1.807, 2.05) is 6.07 Å². The van der Waals surface area contributed by atoms with Gasteiger partial charge in [-0.05, 0) is 5.56 Å². The van der Waals surface area contributed by atoms with Crippen LogP contribution in [0.2, 0.25) is 0 Å². The third-order valence-corrected chi connectivity index (χ3v) is 6.44. The lowest BCUT2D eigenvalue weighted by molar-refractivity contribution is -0.134. The SMILES string of the molecule is O=C([C@H](CO)c1ccccc1)N1Cc2cn(S(=O)(=O)c3cn(CC(F)F)cn3)nc2C1. The zero-order valence-electron chi connectivity index (χ0n) is 16.2. The van der Waals surface area contributed by atoms with Gasteiger partial charge in [-0.15, -0.1) is 0 Å². The van der Waals surface area contributed by atoms with Crippen LogP contribution in [0, 0.1) is 0 Å². The van der Waals surface area contributed by atoms with Crippen molar-refractivity contribution in [3.63, 3.8) is 0 Å². The van der Waals surface area contributed by atoms with Gasteiger partial charge in [-0.2, -0.15) is 17.6 Å². The Bertz CT molecular complexity index is 1170. The molecule has 0 saturated carbocycles. The molecule has 1 atom stereocenters. The van der Waals surface area contributed by atoms with E-state index < -0.39 is 33.9 Å². The van der Waals surface area contributed by atoms with Crippen LogP contribution in [0.1, 0.15) is 22.7 Å². The highest BCUT2D eigenvalue weighted by Gasteiger charge is 2.33. The smallest absolute Gasteiger partial charge is 0.301 e. The number of nitrogens with zero attached hydrogens (tertiary/aromatic N) is 5. The number of aliphatic hydroxyl groups is 1. The minimum absolute atomic E-state index is 0.0971. The number of carbonyl (C=O) groups excluding carboxylic acids is 1. The lowest BCUT2D eigenvalue weighted by Gasteiger charge is -2.22. The minimum Gasteiger partial charge on any atom is -0.395 e. The van der Waals surface area contributed by atoms with Crippen LogP contribution < -0.4 is 0 Å². The van der Waals surface area contributed by atoms with Crippen molar-refractivity contribution >= 4 is 15.9 Å². The maximum Gasteiger partial charge on any atom is 0.301 e. The molecule has 1 amide bonds. The maximum atomic E-state index is 12.9. The van der Waals surface area contributed by atoms with Crippen molar-refractivity contribution in [1.29, 1.82) is 0 Å². The van der Waals surface area contributed by atoms with Crippen LogP contribution in [-0.4, -0.2) is 56.1 Å². The summed E-state index contributed by atoms with van der Waals surface area (Å²) >= 11 is 0. The number of aromatic nitrogens is 4. The first-order chi connectivity index (χ1) is 14.8. The second-order valence-electron chi connectivity index (χ2n) is 7.12. The van der Waals surface area contributed by atoms with Gasteiger partial charge in [0.2, 0.25) is 5.91 Å². The average molecular weight is 451 g/mol. The number of aliphatic hydroxyl groups excluding tert-OH is 1. The number of hydrogen-bond donors (Lipinski definition) is 1. The average Bonchev–Trinajstić information content (AvgIpc) is 3.44. The number of alkyl halides is 2. The summed E-state index contributed by atoms with van der Waals surface area (Å²) in [6, 6.07) is 8.89. The fourth-order valence-electron chi connectivity index (χ4n) is 3.47. The fraction of sp³-hybridized carbons (Fsp3) is 0.316. The van der Waals surface area contributed by atoms with E-state index in [1.54, 1.807) is 24.3 Å². The molecule has 0 bridgehead atoms. The van der Waals surface area contributed by atoms with Crippen LogP contribution >= 0.6 is 0 Å². The Kier molecular flexibility index (Phi) is 5.58. The maximum absolute atomic E-state index is 12.9. The first-order valence-electron chi connectivity index (χ1n) is 9.37. The standard InChI is InChI=1S/C19H19F2N5O4S/c20-17(21)9-24-10-18(22-12-24)31(29,30)26-7-14-6-25(8-16(14)23-26)19(28)15(11-27)13-4-2-1-3-5-13/h1-5,7,10,12,15,17,27H,6,8-9,11H2/t15-/m1/s1. The number of halogens is 2. The number of benzene rings is 1. The predicted molar refractivity (Wildman–Crippen MR) is 104 cm³/mol. The highest BCUT2D eigenvalue weighted by Crippen LogP contribution is 2.27. The topological polar surface area (TPSA) is 110 Å². The number of hydrogen-bond acceptors (Lipinski definition) is 6. The molecule has 0 aliphatic carbocycles. The third kappa shape index (κ3) is 4.08. The minimum atomic E-state index is -4.15. The van der Waals surface area contributed by atoms with E-state index in [0.717, 1.165) is 21.2 Å². The Morgan fingerprint density at radius 3 is 2.55 bits per heavy atom. The summed E-state index contributed by atoms with van der Waals surface area (Å²) in [7, 11) is -4.15. The number of rotatable bonds is 7. The summed E-state index contributed by atoms with van der Waals surface area (Å²) in [5.74, 6) is -1.01. The Labute approximate surface area is 176 Å². The van der Waals surface area contributed by atoms with Crippen LogP contribution in [0.4, 0.5) is 8.78 Å². The molecule has 0 fully saturated rings. The molecule has 3 heterocycles. The van der Waals surface area contributed by atoms with Crippen molar-refractivity contribution in [2.45, 2.75) is 37.0 Å². The van der Waals surface area contributed by atoms with E-state index >= 15 is 0 Å². The molecule has 12 heteroatoms. The summed E-state index contributed by atoms with van der Waals surface area (Å²) in [6.07, 6.45) is 0.700. The van der Waals surface area contributed by atoms with Crippen molar-refractivity contribution < 1.29 is 27.1 Å². The Morgan fingerprint density at radius 2 is 1.90 bits per heavy atom. The van der Waals surface area contributed by atoms with Crippen LogP contribution in [0.25, 0.3) is 0 Å². The number of fused-ring (bicyclic) bond motifs is 1. The summed E-state index contributed by atoms with van der Waals surface area (Å²) < 4.78 is 52.1. The highest BCUT2D eigenvalue weighted by atomic mass is 32.2. The molecule has 31 heavy (non-hydrogen) atoms. The van der Waals surface area contributed by atoms with E-state index in [1.165, 1.54) is 11.1 Å². The number of amides is 1. The molecule has 3 aromatic rings. The first kappa shape index (κ1) is 21.1. The number of carbonyl (C=O) groups is 1. The summed E-state index contributed by atoms with van der Waals surface area (Å²) in [4.78, 5) is 18.1. The molecule has 9 nitrogen and oxygen atoms in total. The van der Waals surface area contributed by atoms with Gasteiger partial charge < -0.3 is 14.6 Å². The zero-order chi connectivity index (χ0) is 22.2. The quantitative estimate of drug-likeness (QED) is 0.578. The van der Waals surface area contributed by atoms with E-state index in [0.29, 0.717) is 16.8 Å². The third-order valence-electron chi connectivity index (χ3n) is 5.02. The van der Waals surface area contributed by atoms with E-state index in [9.17, 15) is 27.1 Å². The molecular formula is C19H19F2N5O4S. The zero-order valence-corrected chi connectivity index (χ0v) is 17.0. The summed E-state index contributed by atoms with van der Waals surface area (Å²) in [5.41, 5.74) is 1.65. The molecule has 1 aliphatic heterocycles. The normalized spacial score (nSPS) is 14.8. The molecule has 1 aliphatic rings. The monoisotopic (exact) mass is 451 g/mol. The Morgan fingerprint density at radius 1 is 1.16 bits per heavy atom. The van der Waals surface area contributed by atoms with Crippen LogP contribution in [0.5, 0.6) is 0 Å². The van der Waals surface area contributed by atoms with Crippen LogP contribution in [-0.2, 0) is 34.5 Å². The molecule has 0 radical (unpaired) electrons. The lowest BCUT2D eigenvalue weighted by Crippen LogP contribution is -2.33. The van der Waals surface area contributed by atoms with Crippen molar-refractivity contribution in [2.75, 3.05) is 6.61 Å². The molecule has 0 spiro atoms. The Balaban J connectivity index is 1.50. The molecule has 1 N–H and O–H groups in total. The Hall–Kier alpha value is -3.12. The van der Waals surface area contributed by atoms with Crippen molar-refractivity contribution in [2.24, 2.45) is 0 Å². The van der Waals surface area contributed by atoms with Gasteiger partial charge in [0.25, 0.3) is 6.43 Å².